The van der Waals surface area contributed by atoms with Crippen molar-refractivity contribution in [3.63, 3.8) is 0 Å². The zero-order valence-corrected chi connectivity index (χ0v) is 20.1. The SMILES string of the molecule is CC(C)NS(=O)(=O)Cc1ccccc1CNC(=O)c1ccc(-c2nc3ccccc3s2)s1. The fourth-order valence-corrected chi connectivity index (χ4v) is 6.73. The standard InChI is InChI=1S/C23H23N3O3S3/c1-15(2)26-32(28,29)14-17-8-4-3-7-16(17)13-24-22(27)20-11-12-21(30-20)23-25-18-9-5-6-10-19(18)31-23/h3-12,15,26H,13-14H2,1-2H3,(H,24,27). The molecule has 4 rings (SSSR count). The molecule has 0 radical (unpaired) electrons. The summed E-state index contributed by atoms with van der Waals surface area (Å²) in [6.45, 7) is 3.82. The minimum Gasteiger partial charge on any atom is -0.347 e. The van der Waals surface area contributed by atoms with Crippen LogP contribution in [0.1, 0.15) is 34.6 Å². The molecule has 1 amide bonds. The second kappa shape index (κ2) is 9.50. The number of amides is 1. The van der Waals surface area contributed by atoms with Gasteiger partial charge in [-0.2, -0.15) is 0 Å². The van der Waals surface area contributed by atoms with Gasteiger partial charge in [0.05, 0.1) is 25.7 Å². The average Bonchev–Trinajstić information content (AvgIpc) is 3.38. The van der Waals surface area contributed by atoms with E-state index in [-0.39, 0.29) is 24.2 Å². The summed E-state index contributed by atoms with van der Waals surface area (Å²) >= 11 is 3.00. The van der Waals surface area contributed by atoms with Crippen molar-refractivity contribution in [2.24, 2.45) is 0 Å². The van der Waals surface area contributed by atoms with E-state index in [2.05, 4.69) is 15.0 Å². The molecule has 0 spiro atoms. The van der Waals surface area contributed by atoms with Crippen LogP contribution in [0.15, 0.2) is 60.7 Å². The third kappa shape index (κ3) is 5.42. The maximum Gasteiger partial charge on any atom is 0.261 e. The molecule has 166 valence electrons. The Balaban J connectivity index is 1.45. The van der Waals surface area contributed by atoms with Crippen molar-refractivity contribution < 1.29 is 13.2 Å². The minimum atomic E-state index is -3.45. The highest BCUT2D eigenvalue weighted by Crippen LogP contribution is 2.34. The normalized spacial score (nSPS) is 11.8. The van der Waals surface area contributed by atoms with Crippen LogP contribution in [0.3, 0.4) is 0 Å². The third-order valence-corrected chi connectivity index (χ3v) is 8.46. The summed E-state index contributed by atoms with van der Waals surface area (Å²) in [5.74, 6) is -0.321. The Morgan fingerprint density at radius 2 is 1.69 bits per heavy atom. The van der Waals surface area contributed by atoms with Crippen LogP contribution in [0.4, 0.5) is 0 Å². The second-order valence-electron chi connectivity index (χ2n) is 7.63. The number of hydrogen-bond acceptors (Lipinski definition) is 6. The first-order valence-corrected chi connectivity index (χ1v) is 13.4. The van der Waals surface area contributed by atoms with Gasteiger partial charge in [-0.25, -0.2) is 18.1 Å². The van der Waals surface area contributed by atoms with Gasteiger partial charge >= 0.3 is 0 Å². The Labute approximate surface area is 195 Å². The minimum absolute atomic E-state index is 0.127. The maximum atomic E-state index is 12.7. The summed E-state index contributed by atoms with van der Waals surface area (Å²) in [5, 5.41) is 3.80. The number of fused-ring (bicyclic) bond motifs is 1. The summed E-state index contributed by atoms with van der Waals surface area (Å²) in [4.78, 5) is 18.9. The number of carbonyl (C=O) groups is 1. The van der Waals surface area contributed by atoms with E-state index in [1.807, 2.05) is 42.5 Å². The number of rotatable bonds is 8. The van der Waals surface area contributed by atoms with E-state index in [4.69, 9.17) is 0 Å². The molecule has 0 aliphatic rings. The van der Waals surface area contributed by atoms with Gasteiger partial charge in [0, 0.05) is 12.6 Å². The molecule has 0 aliphatic heterocycles. The number of nitrogens with zero attached hydrogens (tertiary/aromatic N) is 1. The monoisotopic (exact) mass is 485 g/mol. The second-order valence-corrected chi connectivity index (χ2v) is 11.5. The molecule has 0 aliphatic carbocycles. The van der Waals surface area contributed by atoms with Crippen LogP contribution in [0, 0.1) is 0 Å². The van der Waals surface area contributed by atoms with Gasteiger partial charge < -0.3 is 5.32 Å². The molecule has 0 atom stereocenters. The number of thiazole rings is 1. The fraction of sp³-hybridized carbons (Fsp3) is 0.217. The topological polar surface area (TPSA) is 88.2 Å². The van der Waals surface area contributed by atoms with Crippen LogP contribution in [0.2, 0.25) is 0 Å². The molecular weight excluding hydrogens is 462 g/mol. The molecule has 2 N–H and O–H groups in total. The third-order valence-electron chi connectivity index (χ3n) is 4.65. The van der Waals surface area contributed by atoms with Crippen molar-refractivity contribution in [2.45, 2.75) is 32.2 Å². The maximum absolute atomic E-state index is 12.7. The highest BCUT2D eigenvalue weighted by molar-refractivity contribution is 7.88. The number of para-hydroxylation sites is 1. The molecule has 0 saturated carbocycles. The zero-order valence-electron chi connectivity index (χ0n) is 17.7. The molecule has 32 heavy (non-hydrogen) atoms. The molecule has 0 unspecified atom stereocenters. The van der Waals surface area contributed by atoms with E-state index >= 15 is 0 Å². The lowest BCUT2D eigenvalue weighted by Gasteiger charge is -2.13. The Hall–Kier alpha value is -2.59. The van der Waals surface area contributed by atoms with Crippen LogP contribution in [-0.2, 0) is 22.3 Å². The van der Waals surface area contributed by atoms with Crippen molar-refractivity contribution >= 4 is 48.8 Å². The molecule has 0 fully saturated rings. The first-order chi connectivity index (χ1) is 15.3. The van der Waals surface area contributed by atoms with E-state index in [0.29, 0.717) is 10.4 Å². The van der Waals surface area contributed by atoms with Crippen LogP contribution >= 0.6 is 22.7 Å². The summed E-state index contributed by atoms with van der Waals surface area (Å²) in [6, 6.07) is 18.7. The lowest BCUT2D eigenvalue weighted by molar-refractivity contribution is 0.0955. The molecule has 6 nitrogen and oxygen atoms in total. The van der Waals surface area contributed by atoms with Gasteiger partial charge in [-0.05, 0) is 49.2 Å². The summed E-state index contributed by atoms with van der Waals surface area (Å²) in [5.41, 5.74) is 2.39. The fourth-order valence-electron chi connectivity index (χ4n) is 3.29. The van der Waals surface area contributed by atoms with Gasteiger partial charge in [0.15, 0.2) is 0 Å². The molecule has 0 bridgehead atoms. The number of benzene rings is 2. The Bertz CT molecular complexity index is 1320. The van der Waals surface area contributed by atoms with Crippen molar-refractivity contribution in [1.29, 1.82) is 0 Å². The number of carbonyl (C=O) groups excluding carboxylic acids is 1. The van der Waals surface area contributed by atoms with Crippen LogP contribution in [0.25, 0.3) is 20.1 Å². The molecule has 4 aromatic rings. The van der Waals surface area contributed by atoms with Gasteiger partial charge in [-0.1, -0.05) is 36.4 Å². The van der Waals surface area contributed by atoms with Gasteiger partial charge in [0.2, 0.25) is 10.0 Å². The molecular formula is C23H23N3O3S3. The predicted molar refractivity (Wildman–Crippen MR) is 131 cm³/mol. The molecule has 9 heteroatoms. The van der Waals surface area contributed by atoms with Gasteiger partial charge in [-0.3, -0.25) is 4.79 Å². The van der Waals surface area contributed by atoms with E-state index in [1.54, 1.807) is 43.4 Å². The first kappa shape index (κ1) is 22.6. The highest BCUT2D eigenvalue weighted by Gasteiger charge is 2.17. The van der Waals surface area contributed by atoms with Crippen LogP contribution in [-0.4, -0.2) is 25.4 Å². The number of nitrogens with one attached hydrogen (secondary N) is 2. The molecule has 2 aromatic carbocycles. The predicted octanol–water partition coefficient (Wildman–Crippen LogP) is 4.78. The summed E-state index contributed by atoms with van der Waals surface area (Å²) in [6.07, 6.45) is 0. The van der Waals surface area contributed by atoms with Crippen molar-refractivity contribution in [1.82, 2.24) is 15.0 Å². The van der Waals surface area contributed by atoms with E-state index in [9.17, 15) is 13.2 Å². The number of thiophene rings is 1. The van der Waals surface area contributed by atoms with E-state index in [0.717, 1.165) is 25.7 Å². The Morgan fingerprint density at radius 1 is 0.969 bits per heavy atom. The highest BCUT2D eigenvalue weighted by atomic mass is 32.2. The number of aromatic nitrogens is 1. The Morgan fingerprint density at radius 3 is 2.44 bits per heavy atom. The summed E-state index contributed by atoms with van der Waals surface area (Å²) < 4.78 is 28.4. The van der Waals surface area contributed by atoms with Crippen LogP contribution < -0.4 is 10.0 Å². The van der Waals surface area contributed by atoms with Crippen molar-refractivity contribution in [3.8, 4) is 9.88 Å². The number of sulfonamides is 1. The Kier molecular flexibility index (Phi) is 6.71. The smallest absolute Gasteiger partial charge is 0.261 e. The number of hydrogen-bond donors (Lipinski definition) is 2. The lowest BCUT2D eigenvalue weighted by Crippen LogP contribution is -2.31. The van der Waals surface area contributed by atoms with Crippen LogP contribution in [0.5, 0.6) is 0 Å². The molecule has 2 aromatic heterocycles. The average molecular weight is 486 g/mol. The van der Waals surface area contributed by atoms with Gasteiger partial charge in [0.1, 0.15) is 5.01 Å². The lowest BCUT2D eigenvalue weighted by atomic mass is 10.1. The van der Waals surface area contributed by atoms with E-state index in [1.165, 1.54) is 11.3 Å². The van der Waals surface area contributed by atoms with Crippen molar-refractivity contribution in [2.75, 3.05) is 0 Å². The van der Waals surface area contributed by atoms with Gasteiger partial charge in [-0.15, -0.1) is 22.7 Å². The quantitative estimate of drug-likeness (QED) is 0.376. The van der Waals surface area contributed by atoms with Gasteiger partial charge in [0.25, 0.3) is 5.91 Å². The largest absolute Gasteiger partial charge is 0.347 e. The van der Waals surface area contributed by atoms with E-state index < -0.39 is 10.0 Å². The van der Waals surface area contributed by atoms with Crippen molar-refractivity contribution in [3.05, 3.63) is 76.7 Å². The molecule has 2 heterocycles. The zero-order chi connectivity index (χ0) is 22.7. The summed E-state index contributed by atoms with van der Waals surface area (Å²) in [7, 11) is -3.45. The first-order valence-electron chi connectivity index (χ1n) is 10.1. The molecule has 0 saturated heterocycles.